The zero-order chi connectivity index (χ0) is 13.4. The fourth-order valence-corrected chi connectivity index (χ4v) is 1.87. The van der Waals surface area contributed by atoms with E-state index in [0.29, 0.717) is 22.6 Å². The van der Waals surface area contributed by atoms with Gasteiger partial charge in [-0.25, -0.2) is 9.37 Å². The normalized spacial score (nSPS) is 10.8. The molecule has 0 aliphatic carbocycles. The van der Waals surface area contributed by atoms with Crippen molar-refractivity contribution in [2.75, 3.05) is 0 Å². The minimum atomic E-state index is -0.359. The number of ketones is 1. The van der Waals surface area contributed by atoms with Gasteiger partial charge in [0, 0.05) is 17.2 Å². The van der Waals surface area contributed by atoms with E-state index in [0.717, 1.165) is 5.56 Å². The van der Waals surface area contributed by atoms with Crippen LogP contribution in [-0.4, -0.2) is 10.8 Å². The molecule has 2 aromatic carbocycles. The molecule has 0 saturated heterocycles. The largest absolute Gasteiger partial charge is 0.436 e. The van der Waals surface area contributed by atoms with Gasteiger partial charge in [0.2, 0.25) is 5.89 Å². The molecule has 4 heteroatoms. The first kappa shape index (κ1) is 11.6. The van der Waals surface area contributed by atoms with Crippen LogP contribution in [0.5, 0.6) is 0 Å². The second-order valence-electron chi connectivity index (χ2n) is 4.26. The summed E-state index contributed by atoms with van der Waals surface area (Å²) >= 11 is 0. The third-order valence-electron chi connectivity index (χ3n) is 2.89. The topological polar surface area (TPSA) is 43.1 Å². The van der Waals surface area contributed by atoms with E-state index in [-0.39, 0.29) is 11.6 Å². The lowest BCUT2D eigenvalue weighted by Gasteiger charge is -1.97. The highest BCUT2D eigenvalue weighted by atomic mass is 19.1. The van der Waals surface area contributed by atoms with Gasteiger partial charge in [-0.15, -0.1) is 0 Å². The van der Waals surface area contributed by atoms with Gasteiger partial charge in [0.05, 0.1) is 0 Å². The highest BCUT2D eigenvalue weighted by Crippen LogP contribution is 2.25. The minimum Gasteiger partial charge on any atom is -0.436 e. The van der Waals surface area contributed by atoms with Crippen LogP contribution in [-0.2, 0) is 0 Å². The fraction of sp³-hybridized carbons (Fsp3) is 0.0667. The summed E-state index contributed by atoms with van der Waals surface area (Å²) in [5, 5.41) is 0. The smallest absolute Gasteiger partial charge is 0.227 e. The Morgan fingerprint density at radius 3 is 2.58 bits per heavy atom. The second kappa shape index (κ2) is 4.31. The molecule has 0 saturated carbocycles. The quantitative estimate of drug-likeness (QED) is 0.653. The second-order valence-corrected chi connectivity index (χ2v) is 4.26. The number of hydrogen-bond acceptors (Lipinski definition) is 3. The molecule has 94 valence electrons. The van der Waals surface area contributed by atoms with Crippen LogP contribution in [0.2, 0.25) is 0 Å². The molecule has 0 radical (unpaired) electrons. The first-order valence-corrected chi connectivity index (χ1v) is 5.81. The highest BCUT2D eigenvalue weighted by molar-refractivity contribution is 5.94. The third-order valence-corrected chi connectivity index (χ3v) is 2.89. The summed E-state index contributed by atoms with van der Waals surface area (Å²) in [4.78, 5) is 15.5. The van der Waals surface area contributed by atoms with E-state index in [2.05, 4.69) is 4.98 Å². The molecule has 3 aromatic rings. The van der Waals surface area contributed by atoms with Crippen molar-refractivity contribution in [1.82, 2.24) is 4.98 Å². The standard InChI is InChI=1S/C15H10FNO2/c1-9(18)10-2-4-11(5-3-10)15-17-13-7-6-12(16)8-14(13)19-15/h2-8H,1H3. The summed E-state index contributed by atoms with van der Waals surface area (Å²) in [5.74, 6) is 0.0593. The maximum absolute atomic E-state index is 13.1. The Morgan fingerprint density at radius 2 is 1.89 bits per heavy atom. The molecule has 19 heavy (non-hydrogen) atoms. The van der Waals surface area contributed by atoms with E-state index in [1.54, 1.807) is 30.3 Å². The average Bonchev–Trinajstić information content (AvgIpc) is 2.81. The van der Waals surface area contributed by atoms with Crippen molar-refractivity contribution in [2.45, 2.75) is 6.92 Å². The van der Waals surface area contributed by atoms with Crippen molar-refractivity contribution in [3.63, 3.8) is 0 Å². The maximum atomic E-state index is 13.1. The number of rotatable bonds is 2. The number of carbonyl (C=O) groups is 1. The molecule has 0 unspecified atom stereocenters. The van der Waals surface area contributed by atoms with Crippen LogP contribution in [0.15, 0.2) is 46.9 Å². The van der Waals surface area contributed by atoms with Crippen molar-refractivity contribution in [2.24, 2.45) is 0 Å². The molecular formula is C15H10FNO2. The Bertz CT molecular complexity index is 759. The number of hydrogen-bond donors (Lipinski definition) is 0. The maximum Gasteiger partial charge on any atom is 0.227 e. The monoisotopic (exact) mass is 255 g/mol. The van der Waals surface area contributed by atoms with E-state index in [1.165, 1.54) is 19.1 Å². The van der Waals surface area contributed by atoms with Crippen LogP contribution in [0.25, 0.3) is 22.6 Å². The summed E-state index contributed by atoms with van der Waals surface area (Å²) in [6.45, 7) is 1.51. The summed E-state index contributed by atoms with van der Waals surface area (Å²) in [7, 11) is 0. The molecule has 0 spiro atoms. The molecule has 3 rings (SSSR count). The molecule has 0 atom stereocenters. The number of aromatic nitrogens is 1. The van der Waals surface area contributed by atoms with Crippen LogP contribution in [0.1, 0.15) is 17.3 Å². The number of Topliss-reactive ketones (excluding diaryl/α,β-unsaturated/α-hetero) is 1. The van der Waals surface area contributed by atoms with Crippen molar-refractivity contribution in [3.05, 3.63) is 53.8 Å². The summed E-state index contributed by atoms with van der Waals surface area (Å²) in [6, 6.07) is 11.2. The lowest BCUT2D eigenvalue weighted by atomic mass is 10.1. The van der Waals surface area contributed by atoms with Crippen molar-refractivity contribution < 1.29 is 13.6 Å². The van der Waals surface area contributed by atoms with Crippen molar-refractivity contribution in [1.29, 1.82) is 0 Å². The Labute approximate surface area is 108 Å². The van der Waals surface area contributed by atoms with Gasteiger partial charge >= 0.3 is 0 Å². The molecule has 0 aliphatic rings. The predicted octanol–water partition coefficient (Wildman–Crippen LogP) is 3.84. The lowest BCUT2D eigenvalue weighted by molar-refractivity contribution is 0.101. The third kappa shape index (κ3) is 2.12. The molecule has 0 aliphatic heterocycles. The van der Waals surface area contributed by atoms with Gasteiger partial charge in [-0.05, 0) is 31.2 Å². The zero-order valence-electron chi connectivity index (χ0n) is 10.2. The van der Waals surface area contributed by atoms with Gasteiger partial charge in [0.25, 0.3) is 0 Å². The van der Waals surface area contributed by atoms with E-state index >= 15 is 0 Å². The Hall–Kier alpha value is -2.49. The Morgan fingerprint density at radius 1 is 1.16 bits per heavy atom. The lowest BCUT2D eigenvalue weighted by Crippen LogP contribution is -1.90. The SMILES string of the molecule is CC(=O)c1ccc(-c2nc3ccc(F)cc3o2)cc1. The Kier molecular flexibility index (Phi) is 2.63. The fourth-order valence-electron chi connectivity index (χ4n) is 1.87. The van der Waals surface area contributed by atoms with Gasteiger partial charge in [-0.3, -0.25) is 4.79 Å². The van der Waals surface area contributed by atoms with Gasteiger partial charge in [0.1, 0.15) is 11.3 Å². The van der Waals surface area contributed by atoms with E-state index in [4.69, 9.17) is 4.42 Å². The zero-order valence-corrected chi connectivity index (χ0v) is 10.2. The summed E-state index contributed by atoms with van der Waals surface area (Å²) in [6.07, 6.45) is 0. The van der Waals surface area contributed by atoms with Crippen LogP contribution < -0.4 is 0 Å². The molecule has 0 bridgehead atoms. The number of fused-ring (bicyclic) bond motifs is 1. The first-order chi connectivity index (χ1) is 9.13. The number of oxazole rings is 1. The summed E-state index contributed by atoms with van der Waals surface area (Å²) in [5.41, 5.74) is 2.39. The first-order valence-electron chi connectivity index (χ1n) is 5.81. The van der Waals surface area contributed by atoms with Crippen LogP contribution in [0.4, 0.5) is 4.39 Å². The predicted molar refractivity (Wildman–Crippen MR) is 69.4 cm³/mol. The molecular weight excluding hydrogens is 245 g/mol. The van der Waals surface area contributed by atoms with Gasteiger partial charge in [0.15, 0.2) is 11.4 Å². The summed E-state index contributed by atoms with van der Waals surface area (Å²) < 4.78 is 18.6. The van der Waals surface area contributed by atoms with Gasteiger partial charge in [-0.2, -0.15) is 0 Å². The highest BCUT2D eigenvalue weighted by Gasteiger charge is 2.09. The molecule has 0 fully saturated rings. The minimum absolute atomic E-state index is 0.00573. The molecule has 1 heterocycles. The van der Waals surface area contributed by atoms with Crippen LogP contribution in [0, 0.1) is 5.82 Å². The van der Waals surface area contributed by atoms with Crippen LogP contribution >= 0.6 is 0 Å². The van der Waals surface area contributed by atoms with E-state index in [1.807, 2.05) is 0 Å². The van der Waals surface area contributed by atoms with Gasteiger partial charge in [-0.1, -0.05) is 12.1 Å². The van der Waals surface area contributed by atoms with Crippen LogP contribution in [0.3, 0.4) is 0 Å². The number of benzene rings is 2. The molecule has 1 aromatic heterocycles. The number of carbonyl (C=O) groups excluding carboxylic acids is 1. The van der Waals surface area contributed by atoms with Gasteiger partial charge < -0.3 is 4.42 Å². The average molecular weight is 255 g/mol. The number of nitrogens with zero attached hydrogens (tertiary/aromatic N) is 1. The number of halogens is 1. The molecule has 3 nitrogen and oxygen atoms in total. The van der Waals surface area contributed by atoms with Crippen molar-refractivity contribution in [3.8, 4) is 11.5 Å². The van der Waals surface area contributed by atoms with Crippen molar-refractivity contribution >= 4 is 16.9 Å². The van der Waals surface area contributed by atoms with E-state index in [9.17, 15) is 9.18 Å². The van der Waals surface area contributed by atoms with E-state index < -0.39 is 0 Å². The molecule has 0 N–H and O–H groups in total. The Balaban J connectivity index is 2.06. The molecule has 0 amide bonds.